The van der Waals surface area contributed by atoms with Crippen LogP contribution in [-0.2, 0) is 11.4 Å². The third-order valence-electron chi connectivity index (χ3n) is 6.06. The van der Waals surface area contributed by atoms with Crippen LogP contribution in [-0.4, -0.2) is 11.6 Å². The maximum atomic E-state index is 12.8. The number of benzene rings is 4. The lowest BCUT2D eigenvalue weighted by molar-refractivity contribution is -0.111. The Morgan fingerprint density at radius 3 is 2.22 bits per heavy atom. The molecule has 0 N–H and O–H groups in total. The number of ketones is 1. The number of carbonyl (C=O) groups is 1. The van der Waals surface area contributed by atoms with Gasteiger partial charge in [0.2, 0.25) is 0 Å². The molecule has 36 heavy (non-hydrogen) atoms. The summed E-state index contributed by atoms with van der Waals surface area (Å²) in [7, 11) is 0. The predicted molar refractivity (Wildman–Crippen MR) is 146 cm³/mol. The number of aryl methyl sites for hydroxylation is 1. The maximum absolute atomic E-state index is 12.8. The van der Waals surface area contributed by atoms with Gasteiger partial charge in [0, 0.05) is 23.2 Å². The van der Waals surface area contributed by atoms with Gasteiger partial charge in [0.15, 0.2) is 17.8 Å². The number of rotatable bonds is 7. The number of hydrazone groups is 1. The molecule has 4 aromatic carbocycles. The first kappa shape index (κ1) is 23.6. The van der Waals surface area contributed by atoms with Crippen LogP contribution >= 0.6 is 11.6 Å². The lowest BCUT2D eigenvalue weighted by Crippen LogP contribution is -2.38. The fourth-order valence-electron chi connectivity index (χ4n) is 4.26. The molecule has 180 valence electrons. The van der Waals surface area contributed by atoms with E-state index in [1.807, 2.05) is 120 Å². The number of nitrogens with zero attached hydrogens (tertiary/aromatic N) is 3. The van der Waals surface area contributed by atoms with E-state index in [-0.39, 0.29) is 5.78 Å². The number of halogens is 1. The molecule has 5 nitrogen and oxygen atoms in total. The van der Waals surface area contributed by atoms with E-state index in [1.54, 1.807) is 6.92 Å². The molecule has 1 aliphatic rings. The number of amidine groups is 1. The second-order valence-corrected chi connectivity index (χ2v) is 9.13. The summed E-state index contributed by atoms with van der Waals surface area (Å²) in [6.45, 7) is 3.98. The quantitative estimate of drug-likeness (QED) is 0.273. The Kier molecular flexibility index (Phi) is 6.74. The molecule has 0 saturated carbocycles. The van der Waals surface area contributed by atoms with Crippen molar-refractivity contribution in [2.45, 2.75) is 26.6 Å². The van der Waals surface area contributed by atoms with Crippen LogP contribution in [0.15, 0.2) is 108 Å². The lowest BCUT2D eigenvalue weighted by Gasteiger charge is -2.33. The minimum atomic E-state index is -0.421. The second kappa shape index (κ2) is 10.3. The topological polar surface area (TPSA) is 45.1 Å². The summed E-state index contributed by atoms with van der Waals surface area (Å²) in [4.78, 5) is 14.8. The van der Waals surface area contributed by atoms with E-state index in [0.29, 0.717) is 17.5 Å². The molecular formula is C30H26ClN3O2. The summed E-state index contributed by atoms with van der Waals surface area (Å²) in [5.74, 6) is 0.981. The van der Waals surface area contributed by atoms with Gasteiger partial charge in [0.25, 0.3) is 0 Å². The second-order valence-electron chi connectivity index (χ2n) is 8.69. The van der Waals surface area contributed by atoms with Crippen LogP contribution in [0, 0.1) is 6.92 Å². The van der Waals surface area contributed by atoms with E-state index < -0.39 is 6.17 Å². The van der Waals surface area contributed by atoms with Crippen LogP contribution < -0.4 is 14.6 Å². The molecule has 0 aliphatic carbocycles. The average Bonchev–Trinajstić information content (AvgIpc) is 3.30. The first-order chi connectivity index (χ1) is 17.5. The molecule has 0 saturated heterocycles. The van der Waals surface area contributed by atoms with Crippen LogP contribution in [0.3, 0.4) is 0 Å². The summed E-state index contributed by atoms with van der Waals surface area (Å²) >= 11 is 6.05. The Bertz CT molecular complexity index is 1390. The number of hydrogen-bond acceptors (Lipinski definition) is 5. The van der Waals surface area contributed by atoms with Crippen molar-refractivity contribution in [3.63, 3.8) is 0 Å². The lowest BCUT2D eigenvalue weighted by atomic mass is 10.1. The molecule has 1 atom stereocenters. The number of Topliss-reactive ketones (excluding diaryl/α,β-unsaturated/α-hetero) is 1. The maximum Gasteiger partial charge on any atom is 0.198 e. The number of anilines is 2. The van der Waals surface area contributed by atoms with E-state index in [4.69, 9.17) is 21.4 Å². The van der Waals surface area contributed by atoms with Crippen molar-refractivity contribution in [1.82, 2.24) is 0 Å². The van der Waals surface area contributed by atoms with E-state index >= 15 is 0 Å². The van der Waals surface area contributed by atoms with E-state index in [1.165, 1.54) is 0 Å². The minimum Gasteiger partial charge on any atom is -0.488 e. The summed E-state index contributed by atoms with van der Waals surface area (Å²) in [6.07, 6.45) is -0.421. The Balaban J connectivity index is 1.60. The highest BCUT2D eigenvalue weighted by molar-refractivity contribution is 6.44. The van der Waals surface area contributed by atoms with Gasteiger partial charge in [-0.05, 0) is 55.0 Å². The van der Waals surface area contributed by atoms with Gasteiger partial charge in [-0.1, -0.05) is 77.8 Å². The molecule has 0 aromatic heterocycles. The summed E-state index contributed by atoms with van der Waals surface area (Å²) in [5, 5.41) is 7.40. The number of hydrogen-bond donors (Lipinski definition) is 0. The zero-order chi connectivity index (χ0) is 25.1. The van der Waals surface area contributed by atoms with Gasteiger partial charge >= 0.3 is 0 Å². The monoisotopic (exact) mass is 495 g/mol. The normalized spacial score (nSPS) is 15.1. The number of para-hydroxylation sites is 2. The minimum absolute atomic E-state index is 0.112. The summed E-state index contributed by atoms with van der Waals surface area (Å²) in [6, 6.07) is 33.5. The van der Waals surface area contributed by atoms with Gasteiger partial charge in [0.1, 0.15) is 12.4 Å². The summed E-state index contributed by atoms with van der Waals surface area (Å²) in [5.41, 5.74) is 4.81. The molecule has 1 heterocycles. The predicted octanol–water partition coefficient (Wildman–Crippen LogP) is 7.16. The molecule has 0 bridgehead atoms. The molecule has 5 rings (SSSR count). The highest BCUT2D eigenvalue weighted by Crippen LogP contribution is 2.42. The molecule has 0 amide bonds. The first-order valence-electron chi connectivity index (χ1n) is 11.8. The van der Waals surface area contributed by atoms with Gasteiger partial charge in [-0.3, -0.25) is 9.69 Å². The zero-order valence-corrected chi connectivity index (χ0v) is 20.9. The molecule has 4 aromatic rings. The van der Waals surface area contributed by atoms with Crippen molar-refractivity contribution in [2.75, 3.05) is 9.91 Å². The molecule has 0 fully saturated rings. The number of carbonyl (C=O) groups excluding carboxylic acids is 1. The third kappa shape index (κ3) is 4.83. The number of ether oxygens (including phenoxy) is 1. The van der Waals surface area contributed by atoms with Crippen LogP contribution in [0.4, 0.5) is 11.4 Å². The third-order valence-corrected chi connectivity index (χ3v) is 6.31. The zero-order valence-electron chi connectivity index (χ0n) is 20.1. The standard InChI is InChI=1S/C30H26ClN3O2/c1-21-12-18-25(19-13-21)33-29(22(2)35)32-34(26-8-4-3-5-9-26)30(33)27-10-6-7-11-28(27)36-20-23-14-16-24(31)17-15-23/h3-19,30H,20H2,1-2H3/t30-/m0/s1. The van der Waals surface area contributed by atoms with Gasteiger partial charge in [0.05, 0.1) is 5.69 Å². The van der Waals surface area contributed by atoms with E-state index in [2.05, 4.69) is 0 Å². The van der Waals surface area contributed by atoms with Gasteiger partial charge in [-0.15, -0.1) is 5.10 Å². The van der Waals surface area contributed by atoms with Crippen LogP contribution in [0.5, 0.6) is 5.75 Å². The highest BCUT2D eigenvalue weighted by atomic mass is 35.5. The highest BCUT2D eigenvalue weighted by Gasteiger charge is 2.40. The SMILES string of the molecule is CC(=O)C1=NN(c2ccccc2)[C@@H](c2ccccc2OCc2ccc(Cl)cc2)N1c1ccc(C)cc1. The largest absolute Gasteiger partial charge is 0.488 e. The Labute approximate surface area is 216 Å². The molecule has 0 spiro atoms. The van der Waals surface area contributed by atoms with Crippen LogP contribution in [0.1, 0.15) is 29.8 Å². The van der Waals surface area contributed by atoms with Crippen LogP contribution in [0.25, 0.3) is 0 Å². The van der Waals surface area contributed by atoms with Crippen molar-refractivity contribution in [3.8, 4) is 5.75 Å². The fourth-order valence-corrected chi connectivity index (χ4v) is 4.38. The Hall–Kier alpha value is -4.09. The fraction of sp³-hybridized carbons (Fsp3) is 0.133. The van der Waals surface area contributed by atoms with Gasteiger partial charge in [-0.25, -0.2) is 5.01 Å². The smallest absolute Gasteiger partial charge is 0.198 e. The summed E-state index contributed by atoms with van der Waals surface area (Å²) < 4.78 is 6.33. The average molecular weight is 496 g/mol. The van der Waals surface area contributed by atoms with Crippen molar-refractivity contribution >= 4 is 34.6 Å². The van der Waals surface area contributed by atoms with E-state index in [0.717, 1.165) is 33.8 Å². The van der Waals surface area contributed by atoms with Crippen LogP contribution in [0.2, 0.25) is 5.02 Å². The van der Waals surface area contributed by atoms with Gasteiger partial charge < -0.3 is 4.74 Å². The van der Waals surface area contributed by atoms with Gasteiger partial charge in [-0.2, -0.15) is 0 Å². The molecule has 0 unspecified atom stereocenters. The Morgan fingerprint density at radius 1 is 0.861 bits per heavy atom. The molecule has 6 heteroatoms. The van der Waals surface area contributed by atoms with Crippen molar-refractivity contribution < 1.29 is 9.53 Å². The first-order valence-corrected chi connectivity index (χ1v) is 12.1. The molecule has 0 radical (unpaired) electrons. The van der Waals surface area contributed by atoms with Crippen molar-refractivity contribution in [2.24, 2.45) is 5.10 Å². The van der Waals surface area contributed by atoms with E-state index in [9.17, 15) is 4.79 Å². The Morgan fingerprint density at radius 2 is 1.53 bits per heavy atom. The molecular weight excluding hydrogens is 470 g/mol. The van der Waals surface area contributed by atoms with Crippen molar-refractivity contribution in [3.05, 3.63) is 125 Å². The molecule has 1 aliphatic heterocycles. The van der Waals surface area contributed by atoms with Crippen molar-refractivity contribution in [1.29, 1.82) is 0 Å².